The van der Waals surface area contributed by atoms with Gasteiger partial charge in [-0.15, -0.1) is 0 Å². The van der Waals surface area contributed by atoms with Crippen molar-refractivity contribution in [1.82, 2.24) is 10.2 Å². The van der Waals surface area contributed by atoms with E-state index in [1.165, 1.54) is 12.8 Å². The van der Waals surface area contributed by atoms with Crippen LogP contribution in [0.4, 0.5) is 4.79 Å². The van der Waals surface area contributed by atoms with Gasteiger partial charge in [0, 0.05) is 13.1 Å². The predicted octanol–water partition coefficient (Wildman–Crippen LogP) is 4.52. The molecule has 5 nitrogen and oxygen atoms in total. The van der Waals surface area contributed by atoms with Crippen molar-refractivity contribution in [2.45, 2.75) is 79.7 Å². The quantitative estimate of drug-likeness (QED) is 0.438. The van der Waals surface area contributed by atoms with E-state index in [0.29, 0.717) is 19.7 Å². The van der Waals surface area contributed by atoms with Gasteiger partial charge >= 0.3 is 6.09 Å². The summed E-state index contributed by atoms with van der Waals surface area (Å²) in [5.41, 5.74) is -0.374. The highest BCUT2D eigenvalue weighted by molar-refractivity contribution is 5.86. The van der Waals surface area contributed by atoms with Gasteiger partial charge in [-0.25, -0.2) is 4.79 Å². The van der Waals surface area contributed by atoms with Crippen LogP contribution in [0.1, 0.15) is 73.6 Å². The molecule has 0 aromatic carbocycles. The molecule has 0 aliphatic rings. The average Bonchev–Trinajstić information content (AvgIpc) is 2.55. The second kappa shape index (κ2) is 12.8. The number of amides is 2. The molecule has 0 heterocycles. The van der Waals surface area contributed by atoms with Gasteiger partial charge in [-0.1, -0.05) is 52.7 Å². The molecule has 0 aliphatic carbocycles. The van der Waals surface area contributed by atoms with Gasteiger partial charge in [-0.3, -0.25) is 4.79 Å². The van der Waals surface area contributed by atoms with Gasteiger partial charge in [0.15, 0.2) is 0 Å². The number of allylic oxidation sites excluding steroid dienone is 2. The summed E-state index contributed by atoms with van der Waals surface area (Å²) in [7, 11) is 0. The Bertz CT molecular complexity index is 410. The maximum Gasteiger partial charge on any atom is 0.407 e. The predicted molar refractivity (Wildman–Crippen MR) is 104 cm³/mol. The molecule has 0 saturated heterocycles. The standard InChI is InChI=1S/C20H38N2O3/c1-7-10-11-12-13-14-15-16-25-19(24)21-17(20(4,5)6)18(23)22(8-2)9-3/h12-13,17H,7-11,14-16H2,1-6H3,(H,21,24). The fraction of sp³-hybridized carbons (Fsp3) is 0.800. The topological polar surface area (TPSA) is 58.6 Å². The van der Waals surface area contributed by atoms with E-state index in [-0.39, 0.29) is 11.3 Å². The Morgan fingerprint density at radius 2 is 1.60 bits per heavy atom. The molecule has 146 valence electrons. The van der Waals surface area contributed by atoms with Crippen LogP contribution in [0.2, 0.25) is 0 Å². The monoisotopic (exact) mass is 354 g/mol. The number of nitrogens with zero attached hydrogens (tertiary/aromatic N) is 1. The van der Waals surface area contributed by atoms with Crippen molar-refractivity contribution in [2.24, 2.45) is 5.41 Å². The van der Waals surface area contributed by atoms with E-state index in [2.05, 4.69) is 24.4 Å². The first-order valence-electron chi connectivity index (χ1n) is 9.64. The van der Waals surface area contributed by atoms with Gasteiger partial charge in [0.25, 0.3) is 0 Å². The minimum atomic E-state index is -0.589. The normalized spacial score (nSPS) is 12.9. The van der Waals surface area contributed by atoms with E-state index in [1.807, 2.05) is 34.6 Å². The first-order valence-corrected chi connectivity index (χ1v) is 9.64. The van der Waals surface area contributed by atoms with Crippen LogP contribution in [0.3, 0.4) is 0 Å². The van der Waals surface area contributed by atoms with Crippen LogP contribution in [0.5, 0.6) is 0 Å². The lowest BCUT2D eigenvalue weighted by Crippen LogP contribution is -2.54. The molecule has 2 amide bonds. The molecule has 25 heavy (non-hydrogen) atoms. The van der Waals surface area contributed by atoms with Crippen molar-refractivity contribution in [3.05, 3.63) is 12.2 Å². The van der Waals surface area contributed by atoms with E-state index in [0.717, 1.165) is 19.3 Å². The highest BCUT2D eigenvalue weighted by Crippen LogP contribution is 2.21. The van der Waals surface area contributed by atoms with Crippen LogP contribution in [-0.2, 0) is 9.53 Å². The number of carbonyl (C=O) groups excluding carboxylic acids is 2. The molecule has 0 fully saturated rings. The second-order valence-electron chi connectivity index (χ2n) is 7.35. The van der Waals surface area contributed by atoms with E-state index >= 15 is 0 Å². The fourth-order valence-corrected chi connectivity index (χ4v) is 2.45. The molecule has 0 aliphatic heterocycles. The Balaban J connectivity index is 4.36. The van der Waals surface area contributed by atoms with E-state index in [1.54, 1.807) is 4.90 Å². The lowest BCUT2D eigenvalue weighted by Gasteiger charge is -2.33. The lowest BCUT2D eigenvalue weighted by atomic mass is 9.86. The zero-order chi connectivity index (χ0) is 19.3. The molecule has 0 rings (SSSR count). The minimum absolute atomic E-state index is 0.0618. The van der Waals surface area contributed by atoms with Crippen molar-refractivity contribution in [3.63, 3.8) is 0 Å². The van der Waals surface area contributed by atoms with Crippen LogP contribution in [-0.4, -0.2) is 42.6 Å². The highest BCUT2D eigenvalue weighted by Gasteiger charge is 2.35. The molecule has 1 atom stereocenters. The summed E-state index contributed by atoms with van der Waals surface area (Å²) in [6, 6.07) is -0.589. The van der Waals surface area contributed by atoms with E-state index in [9.17, 15) is 9.59 Å². The van der Waals surface area contributed by atoms with Gasteiger partial charge in [0.05, 0.1) is 6.61 Å². The number of rotatable bonds is 11. The Morgan fingerprint density at radius 3 is 2.08 bits per heavy atom. The first-order chi connectivity index (χ1) is 11.8. The van der Waals surface area contributed by atoms with Crippen molar-refractivity contribution in [3.8, 4) is 0 Å². The summed E-state index contributed by atoms with van der Waals surface area (Å²) < 4.78 is 5.24. The zero-order valence-electron chi connectivity index (χ0n) is 17.1. The molecule has 0 aromatic rings. The third kappa shape index (κ3) is 10.1. The summed E-state index contributed by atoms with van der Waals surface area (Å²) in [5.74, 6) is -0.0618. The maximum atomic E-state index is 12.6. The summed E-state index contributed by atoms with van der Waals surface area (Å²) >= 11 is 0. The van der Waals surface area contributed by atoms with Gasteiger partial charge in [0.2, 0.25) is 5.91 Å². The second-order valence-corrected chi connectivity index (χ2v) is 7.35. The molecule has 5 heteroatoms. The Hall–Kier alpha value is -1.52. The lowest BCUT2D eigenvalue weighted by molar-refractivity contribution is -0.135. The molecule has 0 spiro atoms. The number of alkyl carbamates (subject to hydrolysis) is 1. The van der Waals surface area contributed by atoms with E-state index < -0.39 is 12.1 Å². The molecule has 0 bridgehead atoms. The third-order valence-electron chi connectivity index (χ3n) is 4.09. The Labute approximate surface area is 154 Å². The van der Waals surface area contributed by atoms with Crippen LogP contribution >= 0.6 is 0 Å². The van der Waals surface area contributed by atoms with E-state index in [4.69, 9.17) is 4.74 Å². The molecule has 0 saturated carbocycles. The Morgan fingerprint density at radius 1 is 1.04 bits per heavy atom. The Kier molecular flexibility index (Phi) is 12.0. The van der Waals surface area contributed by atoms with Crippen LogP contribution in [0.25, 0.3) is 0 Å². The van der Waals surface area contributed by atoms with Crippen LogP contribution < -0.4 is 5.32 Å². The van der Waals surface area contributed by atoms with Crippen LogP contribution in [0, 0.1) is 5.41 Å². The maximum absolute atomic E-state index is 12.6. The highest BCUT2D eigenvalue weighted by atomic mass is 16.5. The largest absolute Gasteiger partial charge is 0.450 e. The summed E-state index contributed by atoms with van der Waals surface area (Å²) in [6.45, 7) is 13.5. The number of likely N-dealkylation sites (N-methyl/N-ethyl adjacent to an activating group) is 1. The molecule has 1 unspecified atom stereocenters. The minimum Gasteiger partial charge on any atom is -0.450 e. The average molecular weight is 355 g/mol. The van der Waals surface area contributed by atoms with Crippen molar-refractivity contribution < 1.29 is 14.3 Å². The van der Waals surface area contributed by atoms with Crippen molar-refractivity contribution >= 4 is 12.0 Å². The number of unbranched alkanes of at least 4 members (excludes halogenated alkanes) is 3. The van der Waals surface area contributed by atoms with Crippen LogP contribution in [0.15, 0.2) is 12.2 Å². The van der Waals surface area contributed by atoms with Crippen molar-refractivity contribution in [1.29, 1.82) is 0 Å². The summed E-state index contributed by atoms with van der Waals surface area (Å²) in [6.07, 6.45) is 9.02. The number of nitrogens with one attached hydrogen (secondary N) is 1. The molecule has 0 radical (unpaired) electrons. The number of hydrogen-bond acceptors (Lipinski definition) is 3. The number of carbonyl (C=O) groups is 2. The molecular weight excluding hydrogens is 316 g/mol. The van der Waals surface area contributed by atoms with Gasteiger partial charge in [-0.05, 0) is 38.5 Å². The first kappa shape index (κ1) is 23.5. The SMILES string of the molecule is CCCCC=CCCCOC(=O)NC(C(=O)N(CC)CC)C(C)(C)C. The van der Waals surface area contributed by atoms with Gasteiger partial charge < -0.3 is 15.0 Å². The molecule has 1 N–H and O–H groups in total. The molecule has 0 aromatic heterocycles. The fourth-order valence-electron chi connectivity index (χ4n) is 2.45. The summed E-state index contributed by atoms with van der Waals surface area (Å²) in [4.78, 5) is 26.4. The molecular formula is C20H38N2O3. The van der Waals surface area contributed by atoms with Gasteiger partial charge in [0.1, 0.15) is 6.04 Å². The number of ether oxygens (including phenoxy) is 1. The smallest absolute Gasteiger partial charge is 0.407 e. The van der Waals surface area contributed by atoms with Gasteiger partial charge in [-0.2, -0.15) is 0 Å². The van der Waals surface area contributed by atoms with Crippen molar-refractivity contribution in [2.75, 3.05) is 19.7 Å². The third-order valence-corrected chi connectivity index (χ3v) is 4.09. The zero-order valence-corrected chi connectivity index (χ0v) is 17.1. The number of hydrogen-bond donors (Lipinski definition) is 1. The summed E-state index contributed by atoms with van der Waals surface area (Å²) in [5, 5.41) is 2.75.